The summed E-state index contributed by atoms with van der Waals surface area (Å²) in [5.74, 6) is -1.61. The molecule has 8 heteroatoms. The summed E-state index contributed by atoms with van der Waals surface area (Å²) in [7, 11) is 0. The normalized spacial score (nSPS) is 27.3. The van der Waals surface area contributed by atoms with Crippen molar-refractivity contribution in [1.82, 2.24) is 5.32 Å². The molecule has 4 rings (SSSR count). The smallest absolute Gasteiger partial charge is 0.423 e. The molecule has 0 bridgehead atoms. The molecule has 0 aromatic heterocycles. The molecule has 1 atom stereocenters. The molecule has 1 spiro atoms. The lowest BCUT2D eigenvalue weighted by Gasteiger charge is -2.50. The highest BCUT2D eigenvalue weighted by atomic mass is 19.4. The van der Waals surface area contributed by atoms with Gasteiger partial charge in [-0.15, -0.1) is 0 Å². The molecule has 0 aliphatic carbocycles. The zero-order valence-corrected chi connectivity index (χ0v) is 13.3. The first-order valence-corrected chi connectivity index (χ1v) is 8.12. The zero-order valence-electron chi connectivity index (χ0n) is 13.3. The number of carboxylic acids is 1. The van der Waals surface area contributed by atoms with Gasteiger partial charge in [0.2, 0.25) is 5.54 Å². The first-order valence-electron chi connectivity index (χ1n) is 8.12. The minimum absolute atomic E-state index is 0.148. The highest BCUT2D eigenvalue weighted by Gasteiger charge is 2.70. The van der Waals surface area contributed by atoms with E-state index in [1.54, 1.807) is 18.2 Å². The van der Waals surface area contributed by atoms with Crippen molar-refractivity contribution < 1.29 is 27.8 Å². The molecule has 0 saturated carbocycles. The van der Waals surface area contributed by atoms with Crippen LogP contribution < -0.4 is 15.0 Å². The van der Waals surface area contributed by atoms with Crippen LogP contribution in [0.25, 0.3) is 0 Å². The van der Waals surface area contributed by atoms with E-state index in [2.05, 4.69) is 5.32 Å². The first-order chi connectivity index (χ1) is 11.8. The highest BCUT2D eigenvalue weighted by Crippen LogP contribution is 2.56. The highest BCUT2D eigenvalue weighted by molar-refractivity contribution is 5.90. The van der Waals surface area contributed by atoms with Gasteiger partial charge >= 0.3 is 12.1 Å². The maximum Gasteiger partial charge on any atom is 0.423 e. The Hall–Kier alpha value is -2.22. The maximum absolute atomic E-state index is 14.0. The molecule has 3 aliphatic heterocycles. The van der Waals surface area contributed by atoms with E-state index in [1.807, 2.05) is 0 Å². The van der Waals surface area contributed by atoms with Crippen LogP contribution in [0.2, 0.25) is 0 Å². The van der Waals surface area contributed by atoms with Gasteiger partial charge in [-0.3, -0.25) is 0 Å². The third-order valence-corrected chi connectivity index (χ3v) is 5.33. The number of anilines is 1. The topological polar surface area (TPSA) is 61.8 Å². The summed E-state index contributed by atoms with van der Waals surface area (Å²) in [5, 5.41) is 12.8. The van der Waals surface area contributed by atoms with E-state index in [9.17, 15) is 23.1 Å². The van der Waals surface area contributed by atoms with Gasteiger partial charge in [0.25, 0.3) is 0 Å². The molecule has 3 aliphatic rings. The fraction of sp³-hybridized carbons (Fsp3) is 0.471. The Labute approximate surface area is 142 Å². The zero-order chi connectivity index (χ0) is 17.9. The number of nitrogens with zero attached hydrogens (tertiary/aromatic N) is 1. The lowest BCUT2D eigenvalue weighted by molar-refractivity contribution is -0.200. The Bertz CT molecular complexity index is 756. The number of halogens is 3. The van der Waals surface area contributed by atoms with Crippen LogP contribution in [-0.4, -0.2) is 41.5 Å². The molecule has 2 N–H and O–H groups in total. The quantitative estimate of drug-likeness (QED) is 0.812. The number of carboxylic acid groups (broad SMARTS) is 1. The first kappa shape index (κ1) is 16.3. The standard InChI is InChI=1S/C17H17F3N2O3/c18-17(19,20)16(14(23)24)6-5-13-15(7-9-21-10-8-15)25-12-4-2-1-3-11(12)22(13)16/h1-5,21H,6-10H2,(H,23,24). The number of aliphatic carboxylic acids is 1. The Morgan fingerprint density at radius 2 is 1.92 bits per heavy atom. The molecule has 0 amide bonds. The number of rotatable bonds is 1. The number of alkyl halides is 3. The van der Waals surface area contributed by atoms with Gasteiger partial charge in [-0.2, -0.15) is 13.2 Å². The molecule has 25 heavy (non-hydrogen) atoms. The summed E-state index contributed by atoms with van der Waals surface area (Å²) in [5.41, 5.74) is -3.47. The van der Waals surface area contributed by atoms with Gasteiger partial charge in [0.1, 0.15) is 5.75 Å². The molecule has 5 nitrogen and oxygen atoms in total. The van der Waals surface area contributed by atoms with Crippen molar-refractivity contribution in [2.24, 2.45) is 0 Å². The van der Waals surface area contributed by atoms with Crippen molar-refractivity contribution in [3.8, 4) is 5.75 Å². The number of piperidine rings is 1. The van der Waals surface area contributed by atoms with Crippen molar-refractivity contribution >= 4 is 11.7 Å². The van der Waals surface area contributed by atoms with E-state index >= 15 is 0 Å². The Morgan fingerprint density at radius 3 is 2.56 bits per heavy atom. The second kappa shape index (κ2) is 5.14. The van der Waals surface area contributed by atoms with Crippen molar-refractivity contribution in [3.63, 3.8) is 0 Å². The second-order valence-electron chi connectivity index (χ2n) is 6.61. The Morgan fingerprint density at radius 1 is 1.24 bits per heavy atom. The average Bonchev–Trinajstić information content (AvgIpc) is 2.99. The number of para-hydroxylation sites is 2. The number of hydrogen-bond donors (Lipinski definition) is 2. The van der Waals surface area contributed by atoms with Crippen LogP contribution in [0.3, 0.4) is 0 Å². The summed E-state index contributed by atoms with van der Waals surface area (Å²) in [6.07, 6.45) is -3.21. The van der Waals surface area contributed by atoms with Gasteiger partial charge in [0, 0.05) is 19.3 Å². The molecule has 3 heterocycles. The van der Waals surface area contributed by atoms with Crippen molar-refractivity contribution in [1.29, 1.82) is 0 Å². The van der Waals surface area contributed by atoms with Crippen LogP contribution in [-0.2, 0) is 4.79 Å². The van der Waals surface area contributed by atoms with Crippen molar-refractivity contribution in [2.45, 2.75) is 36.6 Å². The van der Waals surface area contributed by atoms with Crippen LogP contribution in [0, 0.1) is 0 Å². The fourth-order valence-corrected chi connectivity index (χ4v) is 4.08. The largest absolute Gasteiger partial charge is 0.479 e. The minimum atomic E-state index is -4.93. The van der Waals surface area contributed by atoms with Crippen molar-refractivity contribution in [3.05, 3.63) is 36.0 Å². The van der Waals surface area contributed by atoms with Crippen molar-refractivity contribution in [2.75, 3.05) is 18.0 Å². The van der Waals surface area contributed by atoms with Gasteiger partial charge in [0.15, 0.2) is 5.60 Å². The maximum atomic E-state index is 14.0. The molecule has 1 saturated heterocycles. The van der Waals surface area contributed by atoms with E-state index in [0.717, 1.165) is 4.90 Å². The summed E-state index contributed by atoms with van der Waals surface area (Å²) in [6, 6.07) is 6.33. The predicted molar refractivity (Wildman–Crippen MR) is 83.5 cm³/mol. The summed E-state index contributed by atoms with van der Waals surface area (Å²) < 4.78 is 48.1. The molecular weight excluding hydrogens is 337 g/mol. The second-order valence-corrected chi connectivity index (χ2v) is 6.61. The third-order valence-electron chi connectivity index (χ3n) is 5.33. The summed E-state index contributed by atoms with van der Waals surface area (Å²) >= 11 is 0. The van der Waals surface area contributed by atoms with E-state index in [4.69, 9.17) is 4.74 Å². The summed E-state index contributed by atoms with van der Waals surface area (Å²) in [6.45, 7) is 1.19. The molecular formula is C17H17F3N2O3. The number of benzene rings is 1. The lowest BCUT2D eigenvalue weighted by Crippen LogP contribution is -2.65. The number of hydrogen-bond acceptors (Lipinski definition) is 4. The van der Waals surface area contributed by atoms with Gasteiger partial charge in [0.05, 0.1) is 11.4 Å². The van der Waals surface area contributed by atoms with Crippen LogP contribution >= 0.6 is 0 Å². The van der Waals surface area contributed by atoms with E-state index < -0.39 is 29.7 Å². The number of nitrogens with one attached hydrogen (secondary N) is 1. The van der Waals surface area contributed by atoms with Crippen LogP contribution in [0.15, 0.2) is 36.0 Å². The van der Waals surface area contributed by atoms with Gasteiger partial charge < -0.3 is 20.1 Å². The van der Waals surface area contributed by atoms with E-state index in [-0.39, 0.29) is 5.69 Å². The SMILES string of the molecule is O=C(O)C1(C(F)(F)F)CC=C2N1c1ccccc1OC21CCNCC1. The molecule has 134 valence electrons. The minimum Gasteiger partial charge on any atom is -0.479 e. The van der Waals surface area contributed by atoms with Crippen LogP contribution in [0.5, 0.6) is 5.75 Å². The summed E-state index contributed by atoms with van der Waals surface area (Å²) in [4.78, 5) is 12.8. The van der Waals surface area contributed by atoms with Crippen LogP contribution in [0.1, 0.15) is 19.3 Å². The van der Waals surface area contributed by atoms with Gasteiger partial charge in [-0.05, 0) is 25.2 Å². The third kappa shape index (κ3) is 2.03. The van der Waals surface area contributed by atoms with Gasteiger partial charge in [-0.25, -0.2) is 4.79 Å². The van der Waals surface area contributed by atoms with Crippen LogP contribution in [0.4, 0.5) is 18.9 Å². The molecule has 1 aromatic rings. The van der Waals surface area contributed by atoms with E-state index in [1.165, 1.54) is 12.1 Å². The average molecular weight is 354 g/mol. The Kier molecular flexibility index (Phi) is 3.34. The molecule has 1 unspecified atom stereocenters. The molecule has 1 aromatic carbocycles. The Balaban J connectivity index is 1.94. The van der Waals surface area contributed by atoms with Gasteiger partial charge in [-0.1, -0.05) is 18.2 Å². The number of fused-ring (bicyclic) bond motifs is 4. The molecule has 0 radical (unpaired) electrons. The predicted octanol–water partition coefficient (Wildman–Crippen LogP) is 2.68. The lowest BCUT2D eigenvalue weighted by atomic mass is 9.85. The fourth-order valence-electron chi connectivity index (χ4n) is 4.08. The monoisotopic (exact) mass is 354 g/mol. The number of ether oxygens (including phenoxy) is 1. The van der Waals surface area contributed by atoms with E-state index in [0.29, 0.717) is 37.4 Å². The number of carbonyl (C=O) groups is 1. The molecule has 1 fully saturated rings.